The number of nitrogens with zero attached hydrogens (tertiary/aromatic N) is 3. The summed E-state index contributed by atoms with van der Waals surface area (Å²) in [5, 5.41) is 13.0. The zero-order chi connectivity index (χ0) is 13.8. The van der Waals surface area contributed by atoms with Gasteiger partial charge in [0, 0.05) is 18.0 Å². The van der Waals surface area contributed by atoms with E-state index >= 15 is 0 Å². The first-order valence-electron chi connectivity index (χ1n) is 5.98. The van der Waals surface area contributed by atoms with Crippen molar-refractivity contribution in [1.82, 2.24) is 9.88 Å². The second-order valence-electron chi connectivity index (χ2n) is 4.50. The van der Waals surface area contributed by atoms with E-state index in [4.69, 9.17) is 9.68 Å². The van der Waals surface area contributed by atoms with Gasteiger partial charge < -0.3 is 14.6 Å². The fraction of sp³-hybridized carbons (Fsp3) is 0.385. The third-order valence-electron chi connectivity index (χ3n) is 2.70. The molecule has 0 radical (unpaired) electrons. The number of anilines is 1. The highest BCUT2D eigenvalue weighted by Crippen LogP contribution is 2.31. The number of pyridine rings is 1. The molecule has 5 nitrogen and oxygen atoms in total. The fourth-order valence-electron chi connectivity index (χ4n) is 1.76. The lowest BCUT2D eigenvalue weighted by molar-refractivity contribution is 0.405. The SMILES string of the molecule is CN(C)CCCNc1ncc2oc(C#N)cc2c1Br. The number of hydrogen-bond acceptors (Lipinski definition) is 5. The Balaban J connectivity index is 2.11. The van der Waals surface area contributed by atoms with Crippen LogP contribution < -0.4 is 5.32 Å². The predicted molar refractivity (Wildman–Crippen MR) is 78.1 cm³/mol. The van der Waals surface area contributed by atoms with Crippen LogP contribution in [0, 0.1) is 11.3 Å². The summed E-state index contributed by atoms with van der Waals surface area (Å²) in [5.74, 6) is 1.07. The van der Waals surface area contributed by atoms with Gasteiger partial charge in [0.25, 0.3) is 0 Å². The summed E-state index contributed by atoms with van der Waals surface area (Å²) < 4.78 is 6.16. The van der Waals surface area contributed by atoms with Crippen molar-refractivity contribution in [2.75, 3.05) is 32.5 Å². The molecule has 1 N–H and O–H groups in total. The molecule has 100 valence electrons. The molecule has 0 amide bonds. The van der Waals surface area contributed by atoms with Crippen molar-refractivity contribution in [2.24, 2.45) is 0 Å². The summed E-state index contributed by atoms with van der Waals surface area (Å²) in [6.07, 6.45) is 2.67. The molecule has 0 saturated heterocycles. The van der Waals surface area contributed by atoms with Crippen molar-refractivity contribution in [3.05, 3.63) is 22.5 Å². The van der Waals surface area contributed by atoms with Crippen LogP contribution in [0.1, 0.15) is 12.2 Å². The Morgan fingerprint density at radius 2 is 2.32 bits per heavy atom. The number of rotatable bonds is 5. The number of aromatic nitrogens is 1. The topological polar surface area (TPSA) is 65.1 Å². The van der Waals surface area contributed by atoms with Gasteiger partial charge in [0.05, 0.1) is 10.7 Å². The summed E-state index contributed by atoms with van der Waals surface area (Å²) in [5.41, 5.74) is 0.613. The Labute approximate surface area is 120 Å². The van der Waals surface area contributed by atoms with E-state index in [0.29, 0.717) is 11.3 Å². The minimum Gasteiger partial charge on any atom is -0.444 e. The van der Waals surface area contributed by atoms with Crippen molar-refractivity contribution in [2.45, 2.75) is 6.42 Å². The monoisotopic (exact) mass is 322 g/mol. The molecule has 6 heteroatoms. The number of hydrogen-bond donors (Lipinski definition) is 1. The molecule has 19 heavy (non-hydrogen) atoms. The van der Waals surface area contributed by atoms with E-state index in [-0.39, 0.29) is 0 Å². The molecule has 2 aromatic rings. The molecule has 0 aliphatic heterocycles. The van der Waals surface area contributed by atoms with E-state index in [0.717, 1.165) is 35.2 Å². The van der Waals surface area contributed by atoms with Crippen molar-refractivity contribution >= 4 is 32.7 Å². The smallest absolute Gasteiger partial charge is 0.204 e. The van der Waals surface area contributed by atoms with Crippen LogP contribution >= 0.6 is 15.9 Å². The molecular weight excluding hydrogens is 308 g/mol. The van der Waals surface area contributed by atoms with Crippen LogP contribution in [0.3, 0.4) is 0 Å². The first-order chi connectivity index (χ1) is 9.11. The summed E-state index contributed by atoms with van der Waals surface area (Å²) in [6, 6.07) is 3.70. The van der Waals surface area contributed by atoms with Gasteiger partial charge in [-0.2, -0.15) is 5.26 Å². The Hall–Kier alpha value is -1.58. The van der Waals surface area contributed by atoms with Gasteiger partial charge in [0.15, 0.2) is 5.58 Å². The molecule has 0 fully saturated rings. The lowest BCUT2D eigenvalue weighted by Crippen LogP contribution is -2.16. The van der Waals surface area contributed by atoms with E-state index < -0.39 is 0 Å². The average Bonchev–Trinajstić information content (AvgIpc) is 2.80. The summed E-state index contributed by atoms with van der Waals surface area (Å²) >= 11 is 3.50. The molecule has 0 saturated carbocycles. The van der Waals surface area contributed by atoms with Crippen LogP contribution in [0.15, 0.2) is 21.2 Å². The van der Waals surface area contributed by atoms with Gasteiger partial charge >= 0.3 is 0 Å². The summed E-state index contributed by atoms with van der Waals surface area (Å²) in [6.45, 7) is 1.87. The molecule has 2 aromatic heterocycles. The van der Waals surface area contributed by atoms with Crippen molar-refractivity contribution in [3.63, 3.8) is 0 Å². The number of fused-ring (bicyclic) bond motifs is 1. The van der Waals surface area contributed by atoms with Crippen LogP contribution in [-0.2, 0) is 0 Å². The lowest BCUT2D eigenvalue weighted by atomic mass is 10.3. The number of nitriles is 1. The Kier molecular flexibility index (Phi) is 4.40. The zero-order valence-corrected chi connectivity index (χ0v) is 12.5. The van der Waals surface area contributed by atoms with Crippen molar-refractivity contribution < 1.29 is 4.42 Å². The second kappa shape index (κ2) is 6.04. The first kappa shape index (κ1) is 13.8. The maximum Gasteiger partial charge on any atom is 0.204 e. The minimum atomic E-state index is 0.294. The fourth-order valence-corrected chi connectivity index (χ4v) is 2.31. The van der Waals surface area contributed by atoms with Gasteiger partial charge in [-0.05, 0) is 43.0 Å². The molecule has 0 unspecified atom stereocenters. The van der Waals surface area contributed by atoms with Gasteiger partial charge in [-0.15, -0.1) is 0 Å². The van der Waals surface area contributed by atoms with Gasteiger partial charge in [-0.1, -0.05) is 0 Å². The molecule has 0 bridgehead atoms. The van der Waals surface area contributed by atoms with Crippen LogP contribution in [0.5, 0.6) is 0 Å². The van der Waals surface area contributed by atoms with Gasteiger partial charge in [0.1, 0.15) is 11.9 Å². The molecular formula is C13H15BrN4O. The highest BCUT2D eigenvalue weighted by atomic mass is 79.9. The van der Waals surface area contributed by atoms with Crippen molar-refractivity contribution in [1.29, 1.82) is 5.26 Å². The third-order valence-corrected chi connectivity index (χ3v) is 3.50. The summed E-state index contributed by atoms with van der Waals surface area (Å²) in [4.78, 5) is 6.44. The van der Waals surface area contributed by atoms with Gasteiger partial charge in [0.2, 0.25) is 5.76 Å². The first-order valence-corrected chi connectivity index (χ1v) is 6.78. The van der Waals surface area contributed by atoms with Crippen LogP contribution in [0.2, 0.25) is 0 Å². The second-order valence-corrected chi connectivity index (χ2v) is 5.30. The third kappa shape index (κ3) is 3.25. The number of halogens is 1. The molecule has 2 heterocycles. The van der Waals surface area contributed by atoms with E-state index in [1.165, 1.54) is 0 Å². The standard InChI is InChI=1S/C13H15BrN4O/c1-18(2)5-3-4-16-13-12(14)10-6-9(7-15)19-11(10)8-17-13/h6,8H,3-5H2,1-2H3,(H,16,17). The Morgan fingerprint density at radius 1 is 1.53 bits per heavy atom. The Morgan fingerprint density at radius 3 is 3.00 bits per heavy atom. The zero-order valence-electron chi connectivity index (χ0n) is 10.9. The van der Waals surface area contributed by atoms with Crippen LogP contribution in [-0.4, -0.2) is 37.1 Å². The van der Waals surface area contributed by atoms with Crippen molar-refractivity contribution in [3.8, 4) is 6.07 Å². The van der Waals surface area contributed by atoms with E-state index in [2.05, 4.69) is 45.2 Å². The number of nitrogens with one attached hydrogen (secondary N) is 1. The highest BCUT2D eigenvalue weighted by Gasteiger charge is 2.11. The van der Waals surface area contributed by atoms with E-state index in [1.807, 2.05) is 6.07 Å². The van der Waals surface area contributed by atoms with Crippen LogP contribution in [0.25, 0.3) is 11.0 Å². The van der Waals surface area contributed by atoms with E-state index in [1.54, 1.807) is 12.3 Å². The molecule has 0 aliphatic rings. The minimum absolute atomic E-state index is 0.294. The normalized spacial score (nSPS) is 10.9. The molecule has 2 rings (SSSR count). The maximum absolute atomic E-state index is 8.82. The molecule has 0 spiro atoms. The highest BCUT2D eigenvalue weighted by molar-refractivity contribution is 9.10. The van der Waals surface area contributed by atoms with E-state index in [9.17, 15) is 0 Å². The predicted octanol–water partition coefficient (Wildman–Crippen LogP) is 2.83. The molecule has 0 aliphatic carbocycles. The number of furan rings is 1. The van der Waals surface area contributed by atoms with Crippen LogP contribution in [0.4, 0.5) is 5.82 Å². The quantitative estimate of drug-likeness (QED) is 0.857. The Bertz CT molecular complexity index is 615. The largest absolute Gasteiger partial charge is 0.444 e. The molecule has 0 aromatic carbocycles. The van der Waals surface area contributed by atoms with Gasteiger partial charge in [-0.25, -0.2) is 4.98 Å². The summed E-state index contributed by atoms with van der Waals surface area (Å²) in [7, 11) is 4.10. The lowest BCUT2D eigenvalue weighted by Gasteiger charge is -2.11. The average molecular weight is 323 g/mol. The van der Waals surface area contributed by atoms with Gasteiger partial charge in [-0.3, -0.25) is 0 Å². The maximum atomic E-state index is 8.82. The molecule has 0 atom stereocenters.